The summed E-state index contributed by atoms with van der Waals surface area (Å²) in [6.07, 6.45) is 0. The topological polar surface area (TPSA) is 94.1 Å². The van der Waals surface area contributed by atoms with Crippen molar-refractivity contribution >= 4 is 23.5 Å². The molecular formula is C14H18ClNO6. The van der Waals surface area contributed by atoms with Crippen LogP contribution in [0.15, 0.2) is 12.1 Å². The van der Waals surface area contributed by atoms with Crippen molar-refractivity contribution in [2.45, 2.75) is 13.0 Å². The summed E-state index contributed by atoms with van der Waals surface area (Å²) >= 11 is 6.07. The van der Waals surface area contributed by atoms with E-state index in [0.717, 1.165) is 0 Å². The number of methoxy groups -OCH3 is 2. The smallest absolute Gasteiger partial charge is 0.328 e. The second kappa shape index (κ2) is 8.45. The number of hydrogen-bond donors (Lipinski definition) is 2. The molecule has 7 nitrogen and oxygen atoms in total. The van der Waals surface area contributed by atoms with Crippen molar-refractivity contribution in [1.82, 2.24) is 5.32 Å². The molecule has 1 atom stereocenters. The van der Waals surface area contributed by atoms with Gasteiger partial charge in [-0.25, -0.2) is 4.79 Å². The van der Waals surface area contributed by atoms with Gasteiger partial charge in [-0.15, -0.1) is 0 Å². The SMILES string of the molecule is CCOc1c(Cl)cc(C(=O)NC(COC)C(=O)O)cc1OC. The quantitative estimate of drug-likeness (QED) is 0.751. The third-order valence-electron chi connectivity index (χ3n) is 2.72. The molecule has 122 valence electrons. The average molecular weight is 332 g/mol. The van der Waals surface area contributed by atoms with E-state index in [1.807, 2.05) is 0 Å². The van der Waals surface area contributed by atoms with Gasteiger partial charge in [-0.05, 0) is 19.1 Å². The summed E-state index contributed by atoms with van der Waals surface area (Å²) in [6.45, 7) is 2.03. The van der Waals surface area contributed by atoms with Crippen molar-refractivity contribution in [3.05, 3.63) is 22.7 Å². The molecular weight excluding hydrogens is 314 g/mol. The lowest BCUT2D eigenvalue weighted by Gasteiger charge is -2.16. The van der Waals surface area contributed by atoms with Crippen LogP contribution in [0.4, 0.5) is 0 Å². The number of amides is 1. The van der Waals surface area contributed by atoms with E-state index in [2.05, 4.69) is 5.32 Å². The van der Waals surface area contributed by atoms with Crippen LogP contribution in [0.5, 0.6) is 11.5 Å². The minimum absolute atomic E-state index is 0.150. The maximum absolute atomic E-state index is 12.1. The molecule has 0 aromatic heterocycles. The molecule has 8 heteroatoms. The standard InChI is InChI=1S/C14H18ClNO6/c1-4-22-12-9(15)5-8(6-11(12)21-3)13(17)16-10(7-20-2)14(18)19/h5-6,10H,4,7H2,1-3H3,(H,16,17)(H,18,19). The summed E-state index contributed by atoms with van der Waals surface area (Å²) in [5.41, 5.74) is 0.160. The van der Waals surface area contributed by atoms with Crippen LogP contribution < -0.4 is 14.8 Å². The van der Waals surface area contributed by atoms with Gasteiger partial charge in [0.05, 0.1) is 25.3 Å². The maximum atomic E-state index is 12.1. The second-order valence-electron chi connectivity index (χ2n) is 4.24. The number of halogens is 1. The number of hydrogen-bond acceptors (Lipinski definition) is 5. The van der Waals surface area contributed by atoms with Crippen LogP contribution in [0.2, 0.25) is 5.02 Å². The molecule has 1 amide bonds. The largest absolute Gasteiger partial charge is 0.493 e. The Hall–Kier alpha value is -1.99. The molecule has 0 radical (unpaired) electrons. The number of carboxylic acid groups (broad SMARTS) is 1. The Kier molecular flexibility index (Phi) is 6.94. The van der Waals surface area contributed by atoms with Gasteiger partial charge < -0.3 is 24.6 Å². The van der Waals surface area contributed by atoms with Crippen molar-refractivity contribution in [3.8, 4) is 11.5 Å². The fourth-order valence-corrected chi connectivity index (χ4v) is 1.98. The predicted octanol–water partition coefficient (Wildman–Crippen LogP) is 1.58. The van der Waals surface area contributed by atoms with Gasteiger partial charge in [-0.3, -0.25) is 4.79 Å². The van der Waals surface area contributed by atoms with Crippen LogP contribution in [0.25, 0.3) is 0 Å². The molecule has 1 rings (SSSR count). The first kappa shape index (κ1) is 18.1. The number of ether oxygens (including phenoxy) is 3. The molecule has 0 spiro atoms. The highest BCUT2D eigenvalue weighted by molar-refractivity contribution is 6.32. The normalized spacial score (nSPS) is 11.6. The van der Waals surface area contributed by atoms with E-state index < -0.39 is 17.9 Å². The van der Waals surface area contributed by atoms with E-state index in [9.17, 15) is 9.59 Å². The summed E-state index contributed by atoms with van der Waals surface area (Å²) in [6, 6.07) is 1.66. The Morgan fingerprint density at radius 3 is 2.55 bits per heavy atom. The first-order valence-corrected chi connectivity index (χ1v) is 6.85. The molecule has 2 N–H and O–H groups in total. The van der Waals surface area contributed by atoms with Crippen molar-refractivity contribution in [3.63, 3.8) is 0 Å². The molecule has 0 saturated carbocycles. The predicted molar refractivity (Wildman–Crippen MR) is 79.9 cm³/mol. The van der Waals surface area contributed by atoms with Gasteiger partial charge in [0, 0.05) is 12.7 Å². The molecule has 22 heavy (non-hydrogen) atoms. The number of aliphatic carboxylic acids is 1. The van der Waals surface area contributed by atoms with Crippen molar-refractivity contribution in [1.29, 1.82) is 0 Å². The van der Waals surface area contributed by atoms with Gasteiger partial charge >= 0.3 is 5.97 Å². The third kappa shape index (κ3) is 4.51. The Labute approximate surface area is 133 Å². The Bertz CT molecular complexity index is 548. The number of rotatable bonds is 8. The molecule has 0 bridgehead atoms. The van der Waals surface area contributed by atoms with E-state index in [1.54, 1.807) is 6.92 Å². The van der Waals surface area contributed by atoms with E-state index >= 15 is 0 Å². The Morgan fingerprint density at radius 2 is 2.05 bits per heavy atom. The zero-order valence-corrected chi connectivity index (χ0v) is 13.3. The molecule has 1 unspecified atom stereocenters. The van der Waals surface area contributed by atoms with Crippen LogP contribution in [-0.4, -0.2) is 50.5 Å². The van der Waals surface area contributed by atoms with Crippen molar-refractivity contribution < 1.29 is 28.9 Å². The summed E-state index contributed by atoms with van der Waals surface area (Å²) in [7, 11) is 2.76. The van der Waals surface area contributed by atoms with Crippen molar-refractivity contribution in [2.24, 2.45) is 0 Å². The summed E-state index contributed by atoms with van der Waals surface area (Å²) in [4.78, 5) is 23.2. The Balaban J connectivity index is 3.03. The first-order chi connectivity index (χ1) is 10.4. The highest BCUT2D eigenvalue weighted by Crippen LogP contribution is 2.36. The lowest BCUT2D eigenvalue weighted by Crippen LogP contribution is -2.43. The molecule has 0 aliphatic rings. The van der Waals surface area contributed by atoms with Crippen LogP contribution in [0, 0.1) is 0 Å². The van der Waals surface area contributed by atoms with Crippen LogP contribution in [0.3, 0.4) is 0 Å². The Morgan fingerprint density at radius 1 is 1.36 bits per heavy atom. The maximum Gasteiger partial charge on any atom is 0.328 e. The minimum Gasteiger partial charge on any atom is -0.493 e. The summed E-state index contributed by atoms with van der Waals surface area (Å²) in [5.74, 6) is -1.18. The molecule has 0 aliphatic heterocycles. The van der Waals surface area contributed by atoms with E-state index in [0.29, 0.717) is 12.4 Å². The number of carbonyl (C=O) groups excluding carboxylic acids is 1. The second-order valence-corrected chi connectivity index (χ2v) is 4.65. The number of benzene rings is 1. The number of nitrogens with one attached hydrogen (secondary N) is 1. The highest BCUT2D eigenvalue weighted by atomic mass is 35.5. The van der Waals surface area contributed by atoms with Gasteiger partial charge in [0.15, 0.2) is 17.5 Å². The minimum atomic E-state index is -1.20. The number of carbonyl (C=O) groups is 2. The van der Waals surface area contributed by atoms with E-state index in [4.69, 9.17) is 30.9 Å². The van der Waals surface area contributed by atoms with Crippen LogP contribution >= 0.6 is 11.6 Å². The number of carboxylic acids is 1. The molecule has 0 heterocycles. The first-order valence-electron chi connectivity index (χ1n) is 6.47. The van der Waals surface area contributed by atoms with E-state index in [1.165, 1.54) is 26.4 Å². The van der Waals surface area contributed by atoms with Gasteiger partial charge in [-0.1, -0.05) is 11.6 Å². The fraction of sp³-hybridized carbons (Fsp3) is 0.429. The monoisotopic (exact) mass is 331 g/mol. The van der Waals surface area contributed by atoms with Gasteiger partial charge in [-0.2, -0.15) is 0 Å². The molecule has 1 aromatic rings. The third-order valence-corrected chi connectivity index (χ3v) is 3.00. The average Bonchev–Trinajstić information content (AvgIpc) is 2.48. The zero-order chi connectivity index (χ0) is 16.7. The van der Waals surface area contributed by atoms with Gasteiger partial charge in [0.2, 0.25) is 0 Å². The molecule has 0 aliphatic carbocycles. The van der Waals surface area contributed by atoms with Crippen LogP contribution in [0.1, 0.15) is 17.3 Å². The molecule has 1 aromatic carbocycles. The van der Waals surface area contributed by atoms with Gasteiger partial charge in [0.1, 0.15) is 0 Å². The zero-order valence-electron chi connectivity index (χ0n) is 12.5. The molecule has 0 saturated heterocycles. The lowest BCUT2D eigenvalue weighted by molar-refractivity contribution is -0.140. The van der Waals surface area contributed by atoms with Crippen molar-refractivity contribution in [2.75, 3.05) is 27.4 Å². The lowest BCUT2D eigenvalue weighted by atomic mass is 10.1. The molecule has 0 fully saturated rings. The van der Waals surface area contributed by atoms with Gasteiger partial charge in [0.25, 0.3) is 5.91 Å². The summed E-state index contributed by atoms with van der Waals surface area (Å²) in [5, 5.41) is 11.5. The van der Waals surface area contributed by atoms with E-state index in [-0.39, 0.29) is 22.9 Å². The summed E-state index contributed by atoms with van der Waals surface area (Å²) < 4.78 is 15.2. The highest BCUT2D eigenvalue weighted by Gasteiger charge is 2.22. The van der Waals surface area contributed by atoms with Crippen LogP contribution in [-0.2, 0) is 9.53 Å². The fourth-order valence-electron chi connectivity index (χ4n) is 1.72.